The number of carboxylic acids is 1. The highest BCUT2D eigenvalue weighted by atomic mass is 16.7. The zero-order valence-electron chi connectivity index (χ0n) is 19.3. The average molecular weight is 454 g/mol. The fraction of sp³-hybridized carbons (Fsp3) is 0.462. The molecule has 2 aromatic carbocycles. The molecule has 3 atom stereocenters. The van der Waals surface area contributed by atoms with Gasteiger partial charge in [-0.3, -0.25) is 0 Å². The van der Waals surface area contributed by atoms with E-state index < -0.39 is 35.9 Å². The molecule has 1 fully saturated rings. The highest BCUT2D eigenvalue weighted by Crippen LogP contribution is 2.38. The number of aliphatic carboxylic acids is 1. The number of ether oxygens (including phenoxy) is 3. The molecule has 0 saturated carbocycles. The zero-order chi connectivity index (χ0) is 23.6. The van der Waals surface area contributed by atoms with Gasteiger partial charge in [0.2, 0.25) is 0 Å². The Labute approximate surface area is 194 Å². The SMILES string of the molecule is CCC1(CC)OC[C@@H]([C@H](C)[C@H](NC(=O)OCc2cccc3c2Cc2ccccc2-3)C(=O)O)O1. The first-order chi connectivity index (χ1) is 15.9. The van der Waals surface area contributed by atoms with Crippen LogP contribution in [0.2, 0.25) is 0 Å². The summed E-state index contributed by atoms with van der Waals surface area (Å²) in [7, 11) is 0. The van der Waals surface area contributed by atoms with Gasteiger partial charge in [0.15, 0.2) is 5.79 Å². The maximum absolute atomic E-state index is 12.5. The van der Waals surface area contributed by atoms with Crippen molar-refractivity contribution in [1.82, 2.24) is 5.32 Å². The third-order valence-electron chi connectivity index (χ3n) is 6.91. The molecule has 1 heterocycles. The van der Waals surface area contributed by atoms with Crippen LogP contribution in [0.5, 0.6) is 0 Å². The van der Waals surface area contributed by atoms with E-state index in [-0.39, 0.29) is 6.61 Å². The molecule has 33 heavy (non-hydrogen) atoms. The normalized spacial score (nSPS) is 19.9. The van der Waals surface area contributed by atoms with Gasteiger partial charge in [-0.2, -0.15) is 0 Å². The van der Waals surface area contributed by atoms with E-state index in [1.54, 1.807) is 6.92 Å². The molecule has 0 spiro atoms. The highest BCUT2D eigenvalue weighted by molar-refractivity contribution is 5.80. The minimum absolute atomic E-state index is 0.0710. The van der Waals surface area contributed by atoms with Crippen LogP contribution in [0.1, 0.15) is 50.3 Å². The number of fused-ring (bicyclic) bond motifs is 3. The lowest BCUT2D eigenvalue weighted by molar-refractivity contribution is -0.178. The summed E-state index contributed by atoms with van der Waals surface area (Å²) >= 11 is 0. The van der Waals surface area contributed by atoms with Crippen LogP contribution in [0.3, 0.4) is 0 Å². The van der Waals surface area contributed by atoms with Crippen molar-refractivity contribution >= 4 is 12.1 Å². The second-order valence-corrected chi connectivity index (χ2v) is 8.76. The molecule has 1 aliphatic carbocycles. The molecule has 176 valence electrons. The van der Waals surface area contributed by atoms with Crippen molar-refractivity contribution in [3.8, 4) is 11.1 Å². The van der Waals surface area contributed by atoms with E-state index in [1.165, 1.54) is 11.1 Å². The molecule has 0 unspecified atom stereocenters. The number of hydrogen-bond acceptors (Lipinski definition) is 5. The predicted octanol–water partition coefficient (Wildman–Crippen LogP) is 4.51. The minimum atomic E-state index is -1.15. The summed E-state index contributed by atoms with van der Waals surface area (Å²) in [4.78, 5) is 24.5. The number of carbonyl (C=O) groups excluding carboxylic acids is 1. The van der Waals surface area contributed by atoms with Crippen LogP contribution < -0.4 is 5.32 Å². The summed E-state index contributed by atoms with van der Waals surface area (Å²) in [5, 5.41) is 12.3. The van der Waals surface area contributed by atoms with Crippen LogP contribution in [-0.2, 0) is 32.0 Å². The van der Waals surface area contributed by atoms with Gasteiger partial charge in [-0.05, 0) is 47.1 Å². The van der Waals surface area contributed by atoms with E-state index in [1.807, 2.05) is 38.1 Å². The van der Waals surface area contributed by atoms with Gasteiger partial charge < -0.3 is 24.6 Å². The number of alkyl carbamates (subject to hydrolysis) is 1. The Balaban J connectivity index is 1.39. The lowest BCUT2D eigenvalue weighted by Gasteiger charge is -2.28. The van der Waals surface area contributed by atoms with E-state index in [0.29, 0.717) is 19.4 Å². The van der Waals surface area contributed by atoms with Gasteiger partial charge >= 0.3 is 12.1 Å². The first-order valence-corrected chi connectivity index (χ1v) is 11.5. The molecule has 1 aliphatic heterocycles. The molecule has 1 amide bonds. The topological polar surface area (TPSA) is 94.1 Å². The third kappa shape index (κ3) is 4.61. The first kappa shape index (κ1) is 23.3. The predicted molar refractivity (Wildman–Crippen MR) is 123 cm³/mol. The smallest absolute Gasteiger partial charge is 0.408 e. The van der Waals surface area contributed by atoms with Gasteiger partial charge in [-0.25, -0.2) is 9.59 Å². The van der Waals surface area contributed by atoms with Crippen molar-refractivity contribution in [1.29, 1.82) is 0 Å². The number of amides is 1. The van der Waals surface area contributed by atoms with Gasteiger partial charge in [-0.15, -0.1) is 0 Å². The maximum atomic E-state index is 12.5. The van der Waals surface area contributed by atoms with Crippen LogP contribution in [0.4, 0.5) is 4.79 Å². The Morgan fingerprint density at radius 3 is 2.58 bits per heavy atom. The van der Waals surface area contributed by atoms with Gasteiger partial charge in [0, 0.05) is 5.92 Å². The summed E-state index contributed by atoms with van der Waals surface area (Å²) in [6.45, 7) is 6.05. The van der Waals surface area contributed by atoms with Crippen LogP contribution in [0.25, 0.3) is 11.1 Å². The number of benzene rings is 2. The van der Waals surface area contributed by atoms with Crippen molar-refractivity contribution in [3.63, 3.8) is 0 Å². The summed E-state index contributed by atoms with van der Waals surface area (Å²) < 4.78 is 17.3. The molecule has 2 N–H and O–H groups in total. The van der Waals surface area contributed by atoms with Crippen molar-refractivity contribution in [2.24, 2.45) is 5.92 Å². The highest BCUT2D eigenvalue weighted by Gasteiger charge is 2.44. The number of hydrogen-bond donors (Lipinski definition) is 2. The fourth-order valence-electron chi connectivity index (χ4n) is 4.76. The van der Waals surface area contributed by atoms with Gasteiger partial charge in [0.1, 0.15) is 12.6 Å². The maximum Gasteiger partial charge on any atom is 0.408 e. The fourth-order valence-corrected chi connectivity index (χ4v) is 4.76. The molecule has 4 rings (SSSR count). The quantitative estimate of drug-likeness (QED) is 0.521. The van der Waals surface area contributed by atoms with Gasteiger partial charge in [0.05, 0.1) is 12.7 Å². The summed E-state index contributed by atoms with van der Waals surface area (Å²) in [5.41, 5.74) is 5.66. The minimum Gasteiger partial charge on any atom is -0.480 e. The lowest BCUT2D eigenvalue weighted by atomic mass is 9.96. The Kier molecular flexibility index (Phi) is 6.72. The van der Waals surface area contributed by atoms with Crippen molar-refractivity contribution < 1.29 is 28.9 Å². The molecule has 0 aromatic heterocycles. The van der Waals surface area contributed by atoms with E-state index in [4.69, 9.17) is 14.2 Å². The monoisotopic (exact) mass is 453 g/mol. The van der Waals surface area contributed by atoms with E-state index in [2.05, 4.69) is 23.5 Å². The van der Waals surface area contributed by atoms with Gasteiger partial charge in [-0.1, -0.05) is 63.2 Å². The third-order valence-corrected chi connectivity index (χ3v) is 6.91. The molecule has 2 aliphatic rings. The average Bonchev–Trinajstić information content (AvgIpc) is 3.43. The Morgan fingerprint density at radius 2 is 1.88 bits per heavy atom. The first-order valence-electron chi connectivity index (χ1n) is 11.5. The molecule has 0 bridgehead atoms. The summed E-state index contributed by atoms with van der Waals surface area (Å²) in [5.74, 6) is -2.32. The number of nitrogens with one attached hydrogen (secondary N) is 1. The lowest BCUT2D eigenvalue weighted by Crippen LogP contribution is -2.49. The largest absolute Gasteiger partial charge is 0.480 e. The van der Waals surface area contributed by atoms with Gasteiger partial charge in [0.25, 0.3) is 0 Å². The Bertz CT molecular complexity index is 1030. The molecule has 1 saturated heterocycles. The van der Waals surface area contributed by atoms with Crippen molar-refractivity contribution in [3.05, 3.63) is 59.2 Å². The molecule has 7 heteroatoms. The van der Waals surface area contributed by atoms with E-state index >= 15 is 0 Å². The molecule has 7 nitrogen and oxygen atoms in total. The zero-order valence-corrected chi connectivity index (χ0v) is 19.3. The van der Waals surface area contributed by atoms with E-state index in [0.717, 1.165) is 23.1 Å². The second kappa shape index (κ2) is 9.53. The van der Waals surface area contributed by atoms with Crippen LogP contribution in [0.15, 0.2) is 42.5 Å². The molecular formula is C26H31NO6. The Hall–Kier alpha value is -2.90. The Morgan fingerprint density at radius 1 is 1.15 bits per heavy atom. The van der Waals surface area contributed by atoms with Crippen LogP contribution in [-0.4, -0.2) is 41.7 Å². The van der Waals surface area contributed by atoms with Crippen LogP contribution in [0, 0.1) is 5.92 Å². The second-order valence-electron chi connectivity index (χ2n) is 8.76. The van der Waals surface area contributed by atoms with E-state index in [9.17, 15) is 14.7 Å². The number of carboxylic acid groups (broad SMARTS) is 1. The summed E-state index contributed by atoms with van der Waals surface area (Å²) in [6.07, 6.45) is 0.939. The number of carbonyl (C=O) groups is 2. The van der Waals surface area contributed by atoms with Crippen LogP contribution >= 0.6 is 0 Å². The molecular weight excluding hydrogens is 422 g/mol. The van der Waals surface area contributed by atoms with Crippen molar-refractivity contribution in [2.45, 2.75) is 64.6 Å². The van der Waals surface area contributed by atoms with Crippen molar-refractivity contribution in [2.75, 3.05) is 6.61 Å². The molecule has 0 radical (unpaired) electrons. The summed E-state index contributed by atoms with van der Waals surface area (Å²) in [6, 6.07) is 13.0. The number of rotatable bonds is 8. The molecule has 2 aromatic rings. The standard InChI is InChI=1S/C26H31NO6/c1-4-26(5-2)32-15-22(33-26)16(3)23(24(28)29)27-25(30)31-14-18-10-8-12-20-19-11-7-6-9-17(19)13-21(18)20/h6-12,16,22-23H,4-5,13-15H2,1-3H3,(H,27,30)(H,28,29)/t16-,22-,23-/m0/s1.